The SMILES string of the molecule is COc1cccc(OCC(=O)N[C@@H](C)c2cc(C(C)C)c(OC)cc2C)c1. The molecule has 0 aromatic heterocycles. The predicted octanol–water partition coefficient (Wildman–Crippen LogP) is 4.39. The molecule has 146 valence electrons. The Balaban J connectivity index is 2.04. The average molecular weight is 371 g/mol. The summed E-state index contributed by atoms with van der Waals surface area (Å²) >= 11 is 0. The van der Waals surface area contributed by atoms with Crippen LogP contribution in [0.3, 0.4) is 0 Å². The highest BCUT2D eigenvalue weighted by Gasteiger charge is 2.17. The van der Waals surface area contributed by atoms with E-state index in [1.807, 2.05) is 32.0 Å². The van der Waals surface area contributed by atoms with Crippen LogP contribution in [0.5, 0.6) is 17.2 Å². The van der Waals surface area contributed by atoms with Gasteiger partial charge in [0.2, 0.25) is 0 Å². The lowest BCUT2D eigenvalue weighted by atomic mass is 9.93. The summed E-state index contributed by atoms with van der Waals surface area (Å²) in [5, 5.41) is 3.00. The Hall–Kier alpha value is -2.69. The minimum Gasteiger partial charge on any atom is -0.497 e. The molecule has 1 N–H and O–H groups in total. The Morgan fingerprint density at radius 3 is 2.33 bits per heavy atom. The van der Waals surface area contributed by atoms with E-state index in [-0.39, 0.29) is 18.6 Å². The molecule has 0 saturated heterocycles. The number of ether oxygens (including phenoxy) is 3. The molecule has 0 spiro atoms. The van der Waals surface area contributed by atoms with Crippen LogP contribution >= 0.6 is 0 Å². The van der Waals surface area contributed by atoms with Crippen molar-refractivity contribution in [1.82, 2.24) is 5.32 Å². The van der Waals surface area contributed by atoms with E-state index >= 15 is 0 Å². The molecule has 0 unspecified atom stereocenters. The fourth-order valence-electron chi connectivity index (χ4n) is 3.01. The van der Waals surface area contributed by atoms with E-state index in [0.29, 0.717) is 17.4 Å². The normalized spacial score (nSPS) is 11.8. The summed E-state index contributed by atoms with van der Waals surface area (Å²) in [6.45, 7) is 8.20. The molecule has 0 fully saturated rings. The van der Waals surface area contributed by atoms with Crippen molar-refractivity contribution in [1.29, 1.82) is 0 Å². The van der Waals surface area contributed by atoms with Crippen LogP contribution in [-0.4, -0.2) is 26.7 Å². The maximum atomic E-state index is 12.3. The largest absolute Gasteiger partial charge is 0.497 e. The summed E-state index contributed by atoms with van der Waals surface area (Å²) in [6.07, 6.45) is 0. The number of carbonyl (C=O) groups excluding carboxylic acids is 1. The third-order valence-corrected chi connectivity index (χ3v) is 4.50. The van der Waals surface area contributed by atoms with Crippen molar-refractivity contribution in [2.24, 2.45) is 0 Å². The van der Waals surface area contributed by atoms with Crippen LogP contribution in [0.25, 0.3) is 0 Å². The number of carbonyl (C=O) groups is 1. The quantitative estimate of drug-likeness (QED) is 0.748. The van der Waals surface area contributed by atoms with Gasteiger partial charge in [-0.2, -0.15) is 0 Å². The molecule has 0 bridgehead atoms. The molecule has 5 nitrogen and oxygen atoms in total. The van der Waals surface area contributed by atoms with Gasteiger partial charge in [-0.1, -0.05) is 19.9 Å². The summed E-state index contributed by atoms with van der Waals surface area (Å²) in [7, 11) is 3.28. The summed E-state index contributed by atoms with van der Waals surface area (Å²) in [6, 6.07) is 11.2. The number of rotatable bonds is 8. The van der Waals surface area contributed by atoms with Gasteiger partial charge in [0, 0.05) is 6.07 Å². The third-order valence-electron chi connectivity index (χ3n) is 4.50. The highest BCUT2D eigenvalue weighted by Crippen LogP contribution is 2.32. The van der Waals surface area contributed by atoms with E-state index in [4.69, 9.17) is 14.2 Å². The lowest BCUT2D eigenvalue weighted by Crippen LogP contribution is -2.31. The molecule has 0 aliphatic carbocycles. The summed E-state index contributed by atoms with van der Waals surface area (Å²) < 4.78 is 16.2. The van der Waals surface area contributed by atoms with Crippen molar-refractivity contribution in [2.75, 3.05) is 20.8 Å². The maximum Gasteiger partial charge on any atom is 0.258 e. The second-order valence-electron chi connectivity index (χ2n) is 6.86. The minimum atomic E-state index is -0.174. The van der Waals surface area contributed by atoms with E-state index in [2.05, 4.69) is 25.2 Å². The molecule has 2 aromatic carbocycles. The molecule has 0 aliphatic heterocycles. The lowest BCUT2D eigenvalue weighted by molar-refractivity contribution is -0.123. The Bertz CT molecular complexity index is 786. The molecule has 2 aromatic rings. The molecule has 27 heavy (non-hydrogen) atoms. The molecule has 0 aliphatic rings. The zero-order valence-electron chi connectivity index (χ0n) is 17.0. The molecule has 1 atom stereocenters. The fourth-order valence-corrected chi connectivity index (χ4v) is 3.01. The Kier molecular flexibility index (Phi) is 7.11. The van der Waals surface area contributed by atoms with Crippen LogP contribution in [0.2, 0.25) is 0 Å². The number of aryl methyl sites for hydroxylation is 1. The van der Waals surface area contributed by atoms with Gasteiger partial charge in [0.15, 0.2) is 6.61 Å². The van der Waals surface area contributed by atoms with Crippen LogP contribution in [0.1, 0.15) is 49.4 Å². The van der Waals surface area contributed by atoms with Crippen molar-refractivity contribution >= 4 is 5.91 Å². The van der Waals surface area contributed by atoms with Crippen molar-refractivity contribution in [2.45, 2.75) is 39.7 Å². The van der Waals surface area contributed by atoms with E-state index < -0.39 is 0 Å². The van der Waals surface area contributed by atoms with Gasteiger partial charge < -0.3 is 19.5 Å². The number of nitrogens with one attached hydrogen (secondary N) is 1. The molecule has 1 amide bonds. The standard InChI is InChI=1S/C22H29NO4/c1-14(2)19-12-20(15(3)10-21(19)26-6)16(4)23-22(24)13-27-18-9-7-8-17(11-18)25-5/h7-12,14,16H,13H2,1-6H3,(H,23,24)/t16-/m0/s1. The smallest absolute Gasteiger partial charge is 0.258 e. The van der Waals surface area contributed by atoms with Gasteiger partial charge in [-0.25, -0.2) is 0 Å². The van der Waals surface area contributed by atoms with Gasteiger partial charge in [0.1, 0.15) is 17.2 Å². The fraction of sp³-hybridized carbons (Fsp3) is 0.409. The van der Waals surface area contributed by atoms with Crippen molar-refractivity contribution < 1.29 is 19.0 Å². The van der Waals surface area contributed by atoms with E-state index in [9.17, 15) is 4.79 Å². The molecule has 0 radical (unpaired) electrons. The zero-order valence-corrected chi connectivity index (χ0v) is 17.0. The Labute approximate surface area is 161 Å². The van der Waals surface area contributed by atoms with Crippen LogP contribution < -0.4 is 19.5 Å². The molecule has 0 saturated carbocycles. The monoisotopic (exact) mass is 371 g/mol. The first-order chi connectivity index (χ1) is 12.8. The van der Waals surface area contributed by atoms with Gasteiger partial charge in [0.25, 0.3) is 5.91 Å². The Morgan fingerprint density at radius 2 is 1.70 bits per heavy atom. The second-order valence-corrected chi connectivity index (χ2v) is 6.86. The highest BCUT2D eigenvalue weighted by molar-refractivity contribution is 5.78. The first-order valence-corrected chi connectivity index (χ1v) is 9.10. The maximum absolute atomic E-state index is 12.3. The van der Waals surface area contributed by atoms with Crippen LogP contribution in [0.4, 0.5) is 0 Å². The van der Waals surface area contributed by atoms with Crippen molar-refractivity contribution in [3.05, 3.63) is 53.1 Å². The van der Waals surface area contributed by atoms with E-state index in [0.717, 1.165) is 22.4 Å². The van der Waals surface area contributed by atoms with Crippen molar-refractivity contribution in [3.8, 4) is 17.2 Å². The molecular formula is C22H29NO4. The van der Waals surface area contributed by atoms with E-state index in [1.54, 1.807) is 26.4 Å². The number of methoxy groups -OCH3 is 2. The summed E-state index contributed by atoms with van der Waals surface area (Å²) in [5.74, 6) is 2.33. The predicted molar refractivity (Wildman–Crippen MR) is 107 cm³/mol. The minimum absolute atomic E-state index is 0.0518. The topological polar surface area (TPSA) is 56.8 Å². The third kappa shape index (κ3) is 5.39. The first kappa shape index (κ1) is 20.6. The highest BCUT2D eigenvalue weighted by atomic mass is 16.5. The number of amides is 1. The van der Waals surface area contributed by atoms with Gasteiger partial charge >= 0.3 is 0 Å². The summed E-state index contributed by atoms with van der Waals surface area (Å²) in [4.78, 5) is 12.3. The average Bonchev–Trinajstić information content (AvgIpc) is 2.65. The lowest BCUT2D eigenvalue weighted by Gasteiger charge is -2.21. The van der Waals surface area contributed by atoms with Crippen LogP contribution in [0.15, 0.2) is 36.4 Å². The number of benzene rings is 2. The molecule has 5 heteroatoms. The van der Waals surface area contributed by atoms with Gasteiger partial charge in [-0.3, -0.25) is 4.79 Å². The number of hydrogen-bond donors (Lipinski definition) is 1. The van der Waals surface area contributed by atoms with Gasteiger partial charge in [-0.05, 0) is 60.7 Å². The second kappa shape index (κ2) is 9.31. The molecular weight excluding hydrogens is 342 g/mol. The van der Waals surface area contributed by atoms with Gasteiger partial charge in [0.05, 0.1) is 20.3 Å². The zero-order chi connectivity index (χ0) is 20.0. The number of hydrogen-bond acceptors (Lipinski definition) is 4. The summed E-state index contributed by atoms with van der Waals surface area (Å²) in [5.41, 5.74) is 3.29. The first-order valence-electron chi connectivity index (χ1n) is 9.10. The molecule has 0 heterocycles. The van der Waals surface area contributed by atoms with Crippen LogP contribution in [-0.2, 0) is 4.79 Å². The van der Waals surface area contributed by atoms with Gasteiger partial charge in [-0.15, -0.1) is 0 Å². The molecule has 2 rings (SSSR count). The van der Waals surface area contributed by atoms with Crippen molar-refractivity contribution in [3.63, 3.8) is 0 Å². The van der Waals surface area contributed by atoms with E-state index in [1.165, 1.54) is 0 Å². The Morgan fingerprint density at radius 1 is 1.00 bits per heavy atom. The van der Waals surface area contributed by atoms with Crippen LogP contribution in [0, 0.1) is 6.92 Å².